The summed E-state index contributed by atoms with van der Waals surface area (Å²) in [5, 5.41) is 2.70. The third kappa shape index (κ3) is 5.26. The van der Waals surface area contributed by atoms with E-state index in [1.165, 1.54) is 17.2 Å². The summed E-state index contributed by atoms with van der Waals surface area (Å²) in [5.41, 5.74) is 3.67. The van der Waals surface area contributed by atoms with Gasteiger partial charge in [0.15, 0.2) is 6.61 Å². The van der Waals surface area contributed by atoms with E-state index < -0.39 is 10.0 Å². The van der Waals surface area contributed by atoms with Gasteiger partial charge in [0.25, 0.3) is 5.91 Å². The van der Waals surface area contributed by atoms with E-state index in [1.54, 1.807) is 13.0 Å². The summed E-state index contributed by atoms with van der Waals surface area (Å²) in [5.74, 6) is 0.460. The predicted molar refractivity (Wildman–Crippen MR) is 120 cm³/mol. The van der Waals surface area contributed by atoms with E-state index >= 15 is 0 Å². The van der Waals surface area contributed by atoms with E-state index in [0.717, 1.165) is 32.5 Å². The third-order valence-corrected chi connectivity index (χ3v) is 7.52. The molecular weight excluding hydrogens is 414 g/mol. The molecule has 0 aliphatic carbocycles. The molecule has 0 saturated carbocycles. The second kappa shape index (κ2) is 8.98. The molecular formula is C23H29N3O4S. The van der Waals surface area contributed by atoms with Gasteiger partial charge in [-0.3, -0.25) is 9.69 Å². The van der Waals surface area contributed by atoms with Gasteiger partial charge in [-0.25, -0.2) is 13.1 Å². The molecule has 2 aliphatic rings. The number of amides is 1. The van der Waals surface area contributed by atoms with Crippen molar-refractivity contribution in [3.05, 3.63) is 53.1 Å². The van der Waals surface area contributed by atoms with Gasteiger partial charge in [0.05, 0.1) is 10.6 Å². The first-order valence-electron chi connectivity index (χ1n) is 10.6. The van der Waals surface area contributed by atoms with Crippen LogP contribution >= 0.6 is 0 Å². The molecule has 1 saturated heterocycles. The fourth-order valence-corrected chi connectivity index (χ4v) is 5.58. The third-order valence-electron chi connectivity index (χ3n) is 5.96. The normalized spacial score (nSPS) is 17.7. The van der Waals surface area contributed by atoms with Gasteiger partial charge in [-0.15, -0.1) is 0 Å². The van der Waals surface area contributed by atoms with Crippen molar-refractivity contribution in [2.24, 2.45) is 5.92 Å². The summed E-state index contributed by atoms with van der Waals surface area (Å²) in [4.78, 5) is 14.1. The average molecular weight is 444 g/mol. The lowest BCUT2D eigenvalue weighted by molar-refractivity contribution is -0.118. The van der Waals surface area contributed by atoms with E-state index in [4.69, 9.17) is 4.74 Å². The Kier molecular flexibility index (Phi) is 6.31. The highest BCUT2D eigenvalue weighted by atomic mass is 32.2. The molecule has 0 spiro atoms. The summed E-state index contributed by atoms with van der Waals surface area (Å²) in [6, 6.07) is 11.7. The predicted octanol–water partition coefficient (Wildman–Crippen LogP) is 2.82. The number of rotatable bonds is 6. The van der Waals surface area contributed by atoms with Crippen molar-refractivity contribution in [2.45, 2.75) is 38.1 Å². The largest absolute Gasteiger partial charge is 0.482 e. The number of ether oxygens (including phenoxy) is 1. The Morgan fingerprint density at radius 3 is 2.68 bits per heavy atom. The van der Waals surface area contributed by atoms with E-state index in [0.29, 0.717) is 29.5 Å². The molecule has 2 heterocycles. The number of piperidine rings is 1. The number of carbonyl (C=O) groups excluding carboxylic acids is 1. The quantitative estimate of drug-likeness (QED) is 0.717. The van der Waals surface area contributed by atoms with Crippen molar-refractivity contribution in [3.63, 3.8) is 0 Å². The van der Waals surface area contributed by atoms with Crippen LogP contribution in [-0.2, 0) is 21.4 Å². The number of hydrogen-bond acceptors (Lipinski definition) is 5. The monoisotopic (exact) mass is 443 g/mol. The minimum absolute atomic E-state index is 0.107. The maximum absolute atomic E-state index is 12.9. The molecule has 0 atom stereocenters. The number of nitrogens with zero attached hydrogens (tertiary/aromatic N) is 1. The Morgan fingerprint density at radius 2 is 1.94 bits per heavy atom. The van der Waals surface area contributed by atoms with Gasteiger partial charge < -0.3 is 10.1 Å². The fourth-order valence-electron chi connectivity index (χ4n) is 4.23. The molecule has 2 aliphatic heterocycles. The summed E-state index contributed by atoms with van der Waals surface area (Å²) < 4.78 is 34.0. The maximum atomic E-state index is 12.9. The second-order valence-corrected chi connectivity index (χ2v) is 10.2. The van der Waals surface area contributed by atoms with Crippen LogP contribution in [0.4, 0.5) is 5.69 Å². The topological polar surface area (TPSA) is 87.7 Å². The van der Waals surface area contributed by atoms with Gasteiger partial charge in [-0.05, 0) is 62.9 Å². The first-order chi connectivity index (χ1) is 14.8. The minimum Gasteiger partial charge on any atom is -0.482 e. The summed E-state index contributed by atoms with van der Waals surface area (Å²) in [6.07, 6.45) is 1.93. The highest BCUT2D eigenvalue weighted by molar-refractivity contribution is 7.89. The van der Waals surface area contributed by atoms with Gasteiger partial charge in [0.1, 0.15) is 5.75 Å². The lowest BCUT2D eigenvalue weighted by Crippen LogP contribution is -2.38. The Balaban J connectivity index is 1.33. The number of sulfonamides is 1. The number of aryl methyl sites for hydroxylation is 2. The van der Waals surface area contributed by atoms with Crippen LogP contribution in [0.1, 0.15) is 29.5 Å². The van der Waals surface area contributed by atoms with Crippen LogP contribution < -0.4 is 14.8 Å². The molecule has 0 bridgehead atoms. The number of benzene rings is 2. The van der Waals surface area contributed by atoms with E-state index in [2.05, 4.69) is 46.1 Å². The lowest BCUT2D eigenvalue weighted by Gasteiger charge is -2.32. The zero-order valence-corrected chi connectivity index (χ0v) is 18.8. The van der Waals surface area contributed by atoms with Crippen molar-refractivity contribution < 1.29 is 17.9 Å². The number of nitrogens with one attached hydrogen (secondary N) is 2. The summed E-state index contributed by atoms with van der Waals surface area (Å²) >= 11 is 0. The molecule has 166 valence electrons. The Bertz CT molecular complexity index is 1080. The van der Waals surface area contributed by atoms with Gasteiger partial charge >= 0.3 is 0 Å². The smallest absolute Gasteiger partial charge is 0.262 e. The van der Waals surface area contributed by atoms with Crippen molar-refractivity contribution in [1.29, 1.82) is 0 Å². The number of likely N-dealkylation sites (tertiary alicyclic amines) is 1. The first kappa shape index (κ1) is 21.8. The van der Waals surface area contributed by atoms with Crippen LogP contribution in [0.15, 0.2) is 41.3 Å². The molecule has 31 heavy (non-hydrogen) atoms. The molecule has 0 radical (unpaired) electrons. The van der Waals surface area contributed by atoms with Crippen molar-refractivity contribution in [1.82, 2.24) is 9.62 Å². The van der Waals surface area contributed by atoms with Crippen LogP contribution in [0.5, 0.6) is 5.75 Å². The van der Waals surface area contributed by atoms with Gasteiger partial charge in [-0.1, -0.05) is 29.8 Å². The van der Waals surface area contributed by atoms with Gasteiger partial charge in [0.2, 0.25) is 10.0 Å². The van der Waals surface area contributed by atoms with Gasteiger partial charge in [0, 0.05) is 19.2 Å². The number of fused-ring (bicyclic) bond motifs is 1. The number of anilines is 1. The van der Waals surface area contributed by atoms with Crippen LogP contribution in [0.25, 0.3) is 0 Å². The maximum Gasteiger partial charge on any atom is 0.262 e. The van der Waals surface area contributed by atoms with Crippen molar-refractivity contribution in [2.75, 3.05) is 31.6 Å². The van der Waals surface area contributed by atoms with Crippen LogP contribution in [0, 0.1) is 19.8 Å². The minimum atomic E-state index is -3.66. The molecule has 8 heteroatoms. The Morgan fingerprint density at radius 1 is 1.16 bits per heavy atom. The van der Waals surface area contributed by atoms with Crippen LogP contribution in [0.3, 0.4) is 0 Å². The lowest BCUT2D eigenvalue weighted by atomic mass is 9.97. The first-order valence-corrected chi connectivity index (χ1v) is 12.1. The van der Waals surface area contributed by atoms with Crippen molar-refractivity contribution >= 4 is 21.6 Å². The highest BCUT2D eigenvalue weighted by Crippen LogP contribution is 2.33. The van der Waals surface area contributed by atoms with Crippen LogP contribution in [-0.4, -0.2) is 45.5 Å². The fraction of sp³-hybridized carbons (Fsp3) is 0.435. The standard InChI is InChI=1S/C23H29N3O4S/c1-16-4-3-5-19(10-16)14-26-8-6-18(7-9-26)13-24-31(28,29)22-12-21-20(11-17(22)2)25-23(27)15-30-21/h3-5,10-12,18,24H,6-9,13-15H2,1-2H3,(H,25,27). The Hall–Kier alpha value is -2.42. The van der Waals surface area contributed by atoms with Gasteiger partial charge in [-0.2, -0.15) is 0 Å². The van der Waals surface area contributed by atoms with E-state index in [-0.39, 0.29) is 17.4 Å². The molecule has 2 aromatic carbocycles. The molecule has 7 nitrogen and oxygen atoms in total. The number of hydrogen-bond donors (Lipinski definition) is 2. The number of carbonyl (C=O) groups is 1. The SMILES string of the molecule is Cc1cccc(CN2CCC(CNS(=O)(=O)c3cc4c(cc3C)NC(=O)CO4)CC2)c1. The molecule has 0 unspecified atom stereocenters. The van der Waals surface area contributed by atoms with Crippen LogP contribution in [0.2, 0.25) is 0 Å². The molecule has 1 amide bonds. The van der Waals surface area contributed by atoms with E-state index in [9.17, 15) is 13.2 Å². The molecule has 2 N–H and O–H groups in total. The van der Waals surface area contributed by atoms with E-state index in [1.807, 2.05) is 0 Å². The average Bonchev–Trinajstić information content (AvgIpc) is 2.72. The summed E-state index contributed by atoms with van der Waals surface area (Å²) in [7, 11) is -3.66. The zero-order valence-electron chi connectivity index (χ0n) is 18.0. The van der Waals surface area contributed by atoms with Crippen molar-refractivity contribution in [3.8, 4) is 5.75 Å². The second-order valence-electron chi connectivity index (χ2n) is 8.51. The molecule has 4 rings (SSSR count). The Labute approximate surface area is 183 Å². The zero-order chi connectivity index (χ0) is 22.0. The molecule has 1 fully saturated rings. The molecule has 0 aromatic heterocycles. The molecule has 2 aromatic rings. The highest BCUT2D eigenvalue weighted by Gasteiger charge is 2.25. The summed E-state index contributed by atoms with van der Waals surface area (Å²) in [6.45, 7) is 7.01.